The number of hydrogen-bond donors (Lipinski definition) is 0. The van der Waals surface area contributed by atoms with Crippen molar-refractivity contribution in [1.82, 2.24) is 0 Å². The molecule has 0 aromatic heterocycles. The van der Waals surface area contributed by atoms with Crippen molar-refractivity contribution in [2.75, 3.05) is 0 Å². The molecule has 0 bridgehead atoms. The van der Waals surface area contributed by atoms with Crippen molar-refractivity contribution in [1.29, 1.82) is 15.8 Å². The molecule has 0 spiro atoms. The predicted octanol–water partition coefficient (Wildman–Crippen LogP) is 3.57. The van der Waals surface area contributed by atoms with Gasteiger partial charge in [0.1, 0.15) is 24.8 Å². The number of carbonyl (C=O) groups excluding carboxylic acids is 1. The predicted molar refractivity (Wildman–Crippen MR) is 93.6 cm³/mol. The number of ether oxygens (including phenoxy) is 1. The van der Waals surface area contributed by atoms with E-state index >= 15 is 0 Å². The Morgan fingerprint density at radius 1 is 1.04 bits per heavy atom. The van der Waals surface area contributed by atoms with Gasteiger partial charge in [-0.05, 0) is 40.6 Å². The first kappa shape index (κ1) is 17.5. The molecule has 5 nitrogen and oxygen atoms in total. The number of nitrogens with zero attached hydrogens (tertiary/aromatic N) is 3. The van der Waals surface area contributed by atoms with Gasteiger partial charge in [-0.2, -0.15) is 15.8 Å². The SMILES string of the molecule is Cc1c(C#N)c(C#N)c(C#N)c(I)c1C(=O)OCc1ccccc1. The van der Waals surface area contributed by atoms with Crippen LogP contribution in [0.5, 0.6) is 0 Å². The fraction of sp³-hybridized carbons (Fsp3) is 0.111. The zero-order valence-electron chi connectivity index (χ0n) is 12.6. The van der Waals surface area contributed by atoms with Gasteiger partial charge in [-0.1, -0.05) is 30.3 Å². The summed E-state index contributed by atoms with van der Waals surface area (Å²) in [5.74, 6) is -0.627. The van der Waals surface area contributed by atoms with E-state index in [1.807, 2.05) is 71.1 Å². The lowest BCUT2D eigenvalue weighted by Gasteiger charge is -2.13. The number of hydrogen-bond acceptors (Lipinski definition) is 5. The number of esters is 1. The van der Waals surface area contributed by atoms with E-state index in [1.165, 1.54) is 0 Å². The summed E-state index contributed by atoms with van der Waals surface area (Å²) in [7, 11) is 0. The third kappa shape index (κ3) is 3.22. The number of benzene rings is 2. The number of rotatable bonds is 3. The number of nitriles is 3. The summed E-state index contributed by atoms with van der Waals surface area (Å²) < 4.78 is 5.62. The van der Waals surface area contributed by atoms with Crippen molar-refractivity contribution in [3.8, 4) is 18.2 Å². The Morgan fingerprint density at radius 2 is 1.62 bits per heavy atom. The molecule has 0 amide bonds. The molecule has 0 fully saturated rings. The second-order valence-electron chi connectivity index (χ2n) is 4.84. The Morgan fingerprint density at radius 3 is 2.17 bits per heavy atom. The molecule has 0 saturated heterocycles. The van der Waals surface area contributed by atoms with E-state index in [-0.39, 0.29) is 28.9 Å². The fourth-order valence-corrected chi connectivity index (χ4v) is 3.25. The zero-order valence-corrected chi connectivity index (χ0v) is 14.8. The summed E-state index contributed by atoms with van der Waals surface area (Å²) in [6.07, 6.45) is 0. The minimum Gasteiger partial charge on any atom is -0.457 e. The highest BCUT2D eigenvalue weighted by atomic mass is 127. The molecule has 24 heavy (non-hydrogen) atoms. The second-order valence-corrected chi connectivity index (χ2v) is 5.91. The smallest absolute Gasteiger partial charge is 0.339 e. The van der Waals surface area contributed by atoms with Gasteiger partial charge in [0.25, 0.3) is 0 Å². The third-order valence-corrected chi connectivity index (χ3v) is 4.52. The monoisotopic (exact) mass is 427 g/mol. The van der Waals surface area contributed by atoms with E-state index in [4.69, 9.17) is 4.74 Å². The fourth-order valence-electron chi connectivity index (χ4n) is 2.23. The average Bonchev–Trinajstić information content (AvgIpc) is 2.60. The van der Waals surface area contributed by atoms with Gasteiger partial charge >= 0.3 is 5.97 Å². The number of halogens is 1. The minimum absolute atomic E-state index is 0.0125. The molecule has 0 atom stereocenters. The molecular weight excluding hydrogens is 417 g/mol. The van der Waals surface area contributed by atoms with E-state index in [1.54, 1.807) is 6.92 Å². The van der Waals surface area contributed by atoms with Gasteiger partial charge in [-0.3, -0.25) is 0 Å². The second kappa shape index (κ2) is 7.59. The summed E-state index contributed by atoms with van der Waals surface area (Å²) in [4.78, 5) is 12.5. The van der Waals surface area contributed by atoms with Gasteiger partial charge < -0.3 is 4.74 Å². The average molecular weight is 427 g/mol. The Labute approximate surface area is 152 Å². The van der Waals surface area contributed by atoms with Crippen molar-refractivity contribution in [3.05, 3.63) is 67.3 Å². The van der Waals surface area contributed by atoms with Crippen LogP contribution in [0.1, 0.15) is 38.2 Å². The van der Waals surface area contributed by atoms with E-state index in [9.17, 15) is 20.6 Å². The standard InChI is InChI=1S/C18H10IN3O2/c1-11-13(7-20)14(8-21)15(9-22)17(19)16(11)18(23)24-10-12-5-3-2-4-6-12/h2-6H,10H2,1H3. The van der Waals surface area contributed by atoms with Gasteiger partial charge in [-0.15, -0.1) is 0 Å². The minimum atomic E-state index is -0.627. The first-order chi connectivity index (χ1) is 11.5. The van der Waals surface area contributed by atoms with E-state index in [0.717, 1.165) is 5.56 Å². The van der Waals surface area contributed by atoms with Gasteiger partial charge in [0.15, 0.2) is 0 Å². The van der Waals surface area contributed by atoms with Crippen molar-refractivity contribution >= 4 is 28.6 Å². The summed E-state index contributed by atoms with van der Waals surface area (Å²) in [6.45, 7) is 1.65. The van der Waals surface area contributed by atoms with Crippen LogP contribution in [0.2, 0.25) is 0 Å². The maximum Gasteiger partial charge on any atom is 0.339 e. The summed E-state index contributed by atoms with van der Waals surface area (Å²) in [5, 5.41) is 27.8. The molecule has 0 aliphatic carbocycles. The van der Waals surface area contributed by atoms with Crippen LogP contribution >= 0.6 is 22.6 Å². The van der Waals surface area contributed by atoms with Crippen LogP contribution in [0, 0.1) is 44.5 Å². The van der Waals surface area contributed by atoms with Crippen molar-refractivity contribution in [3.63, 3.8) is 0 Å². The van der Waals surface area contributed by atoms with Crippen molar-refractivity contribution in [2.45, 2.75) is 13.5 Å². The van der Waals surface area contributed by atoms with Gasteiger partial charge in [0.05, 0.1) is 22.3 Å². The molecule has 0 heterocycles. The van der Waals surface area contributed by atoms with Crippen LogP contribution in [0.15, 0.2) is 30.3 Å². The maximum absolute atomic E-state index is 12.5. The molecular formula is C18H10IN3O2. The van der Waals surface area contributed by atoms with Crippen LogP contribution < -0.4 is 0 Å². The Balaban J connectivity index is 2.47. The topological polar surface area (TPSA) is 97.7 Å². The Bertz CT molecular complexity index is 891. The van der Waals surface area contributed by atoms with Crippen LogP contribution in [0.3, 0.4) is 0 Å². The summed E-state index contributed by atoms with van der Waals surface area (Å²) >= 11 is 1.83. The van der Waals surface area contributed by atoms with Crippen molar-refractivity contribution < 1.29 is 9.53 Å². The molecule has 0 aliphatic heterocycles. The van der Waals surface area contributed by atoms with E-state index < -0.39 is 5.97 Å². The molecule has 2 rings (SSSR count). The Hall–Kier alpha value is -2.89. The van der Waals surface area contributed by atoms with E-state index in [2.05, 4.69) is 0 Å². The maximum atomic E-state index is 12.5. The molecule has 0 N–H and O–H groups in total. The summed E-state index contributed by atoms with van der Waals surface area (Å²) in [5.41, 5.74) is 1.36. The molecule has 2 aromatic carbocycles. The quantitative estimate of drug-likeness (QED) is 0.551. The first-order valence-corrected chi connectivity index (χ1v) is 7.90. The molecule has 0 aliphatic rings. The van der Waals surface area contributed by atoms with Crippen LogP contribution in [0.25, 0.3) is 0 Å². The molecule has 0 radical (unpaired) electrons. The van der Waals surface area contributed by atoms with Crippen LogP contribution in [-0.2, 0) is 11.3 Å². The molecule has 6 heteroatoms. The molecule has 0 unspecified atom stereocenters. The molecule has 2 aromatic rings. The lowest BCUT2D eigenvalue weighted by atomic mass is 9.94. The summed E-state index contributed by atoms with van der Waals surface area (Å²) in [6, 6.07) is 14.8. The van der Waals surface area contributed by atoms with Crippen molar-refractivity contribution in [2.24, 2.45) is 0 Å². The lowest BCUT2D eigenvalue weighted by Crippen LogP contribution is -2.13. The highest BCUT2D eigenvalue weighted by molar-refractivity contribution is 14.1. The van der Waals surface area contributed by atoms with E-state index in [0.29, 0.717) is 9.13 Å². The number of carbonyl (C=O) groups is 1. The Kier molecular flexibility index (Phi) is 5.52. The van der Waals surface area contributed by atoms with Gasteiger partial charge in [0.2, 0.25) is 0 Å². The third-order valence-electron chi connectivity index (χ3n) is 3.44. The first-order valence-electron chi connectivity index (χ1n) is 6.82. The highest BCUT2D eigenvalue weighted by Crippen LogP contribution is 2.29. The van der Waals surface area contributed by atoms with Crippen LogP contribution in [0.4, 0.5) is 0 Å². The van der Waals surface area contributed by atoms with Gasteiger partial charge in [-0.25, -0.2) is 4.79 Å². The normalized spacial score (nSPS) is 9.46. The molecule has 0 saturated carbocycles. The zero-order chi connectivity index (χ0) is 17.7. The highest BCUT2D eigenvalue weighted by Gasteiger charge is 2.25. The largest absolute Gasteiger partial charge is 0.457 e. The lowest BCUT2D eigenvalue weighted by molar-refractivity contribution is 0.0470. The van der Waals surface area contributed by atoms with Gasteiger partial charge in [0, 0.05) is 3.57 Å². The van der Waals surface area contributed by atoms with Crippen LogP contribution in [-0.4, -0.2) is 5.97 Å². The molecule has 116 valence electrons.